The maximum atomic E-state index is 5.76. The van der Waals surface area contributed by atoms with E-state index >= 15 is 0 Å². The second-order valence-corrected chi connectivity index (χ2v) is 6.06. The Kier molecular flexibility index (Phi) is 7.21. The van der Waals surface area contributed by atoms with E-state index in [4.69, 9.17) is 4.74 Å². The highest BCUT2D eigenvalue weighted by Crippen LogP contribution is 2.24. The zero-order valence-electron chi connectivity index (χ0n) is 13.1. The summed E-state index contributed by atoms with van der Waals surface area (Å²) in [7, 11) is 0. The first kappa shape index (κ1) is 16.3. The van der Waals surface area contributed by atoms with Crippen LogP contribution in [0.2, 0.25) is 0 Å². The van der Waals surface area contributed by atoms with Crippen LogP contribution < -0.4 is 10.6 Å². The highest BCUT2D eigenvalue weighted by atomic mass is 16.5. The summed E-state index contributed by atoms with van der Waals surface area (Å²) in [4.78, 5) is 4.65. The van der Waals surface area contributed by atoms with E-state index in [9.17, 15) is 0 Å². The summed E-state index contributed by atoms with van der Waals surface area (Å²) in [5, 5.41) is 6.70. The number of aliphatic imine (C=N–C) groups is 1. The van der Waals surface area contributed by atoms with Crippen LogP contribution in [-0.4, -0.2) is 37.8 Å². The van der Waals surface area contributed by atoms with E-state index in [1.807, 2.05) is 0 Å². The fourth-order valence-electron chi connectivity index (χ4n) is 2.27. The van der Waals surface area contributed by atoms with Gasteiger partial charge in [0, 0.05) is 19.7 Å². The van der Waals surface area contributed by atoms with Crippen LogP contribution in [0.4, 0.5) is 0 Å². The second-order valence-electron chi connectivity index (χ2n) is 6.06. The summed E-state index contributed by atoms with van der Waals surface area (Å²) < 4.78 is 5.76. The van der Waals surface area contributed by atoms with Crippen LogP contribution in [0.1, 0.15) is 53.4 Å². The molecule has 1 fully saturated rings. The van der Waals surface area contributed by atoms with Gasteiger partial charge in [-0.1, -0.05) is 13.8 Å². The lowest BCUT2D eigenvalue weighted by molar-refractivity contribution is 0.0283. The van der Waals surface area contributed by atoms with E-state index in [1.165, 1.54) is 12.8 Å². The molecule has 1 heterocycles. The summed E-state index contributed by atoms with van der Waals surface area (Å²) in [6.45, 7) is 12.3. The molecule has 2 N–H and O–H groups in total. The van der Waals surface area contributed by atoms with Crippen molar-refractivity contribution in [2.45, 2.75) is 59.0 Å². The van der Waals surface area contributed by atoms with Crippen molar-refractivity contribution in [3.05, 3.63) is 0 Å². The molecule has 0 aromatic rings. The van der Waals surface area contributed by atoms with Gasteiger partial charge in [0.05, 0.1) is 12.1 Å². The smallest absolute Gasteiger partial charge is 0.191 e. The van der Waals surface area contributed by atoms with Gasteiger partial charge in [0.2, 0.25) is 0 Å². The lowest BCUT2D eigenvalue weighted by Crippen LogP contribution is -2.39. The van der Waals surface area contributed by atoms with Gasteiger partial charge in [-0.15, -0.1) is 0 Å². The van der Waals surface area contributed by atoms with Crippen LogP contribution in [0, 0.1) is 5.92 Å². The molecular formula is C15H31N3O. The van der Waals surface area contributed by atoms with E-state index in [0.29, 0.717) is 0 Å². The molecule has 0 amide bonds. The molecule has 4 nitrogen and oxygen atoms in total. The van der Waals surface area contributed by atoms with Crippen molar-refractivity contribution < 1.29 is 4.74 Å². The molecule has 1 aliphatic rings. The quantitative estimate of drug-likeness (QED) is 0.424. The fraction of sp³-hybridized carbons (Fsp3) is 0.933. The van der Waals surface area contributed by atoms with Gasteiger partial charge >= 0.3 is 0 Å². The number of hydrogen-bond donors (Lipinski definition) is 2. The van der Waals surface area contributed by atoms with Gasteiger partial charge in [-0.2, -0.15) is 0 Å². The predicted octanol–water partition coefficient (Wildman–Crippen LogP) is 2.55. The van der Waals surface area contributed by atoms with Gasteiger partial charge in [0.25, 0.3) is 0 Å². The molecule has 112 valence electrons. The lowest BCUT2D eigenvalue weighted by Gasteiger charge is -2.21. The molecule has 0 bridgehead atoms. The molecular weight excluding hydrogens is 238 g/mol. The van der Waals surface area contributed by atoms with Crippen molar-refractivity contribution >= 4 is 5.96 Å². The molecule has 0 radical (unpaired) electrons. The summed E-state index contributed by atoms with van der Waals surface area (Å²) >= 11 is 0. The van der Waals surface area contributed by atoms with Gasteiger partial charge in [0.15, 0.2) is 5.96 Å². The second kappa shape index (κ2) is 8.41. The molecule has 1 rings (SSSR count). The van der Waals surface area contributed by atoms with E-state index < -0.39 is 0 Å². The Hall–Kier alpha value is -0.770. The van der Waals surface area contributed by atoms with E-state index in [0.717, 1.165) is 51.0 Å². The van der Waals surface area contributed by atoms with Crippen molar-refractivity contribution in [1.82, 2.24) is 10.6 Å². The van der Waals surface area contributed by atoms with E-state index in [2.05, 4.69) is 43.3 Å². The predicted molar refractivity (Wildman–Crippen MR) is 81.6 cm³/mol. The van der Waals surface area contributed by atoms with E-state index in [1.54, 1.807) is 0 Å². The summed E-state index contributed by atoms with van der Waals surface area (Å²) in [5.41, 5.74) is -0.0553. The van der Waals surface area contributed by atoms with Gasteiger partial charge < -0.3 is 15.4 Å². The van der Waals surface area contributed by atoms with Crippen LogP contribution in [-0.2, 0) is 4.74 Å². The zero-order chi connectivity index (χ0) is 14.1. The standard InChI is InChI=1S/C15H31N3O/c1-5-16-14(17-10-6-8-13(2)3)18-12-15(4)9-7-11-19-15/h13H,5-12H2,1-4H3,(H2,16,17,18). The maximum Gasteiger partial charge on any atom is 0.191 e. The third-order valence-corrected chi connectivity index (χ3v) is 3.47. The number of nitrogens with one attached hydrogen (secondary N) is 2. The Morgan fingerprint density at radius 3 is 2.74 bits per heavy atom. The maximum absolute atomic E-state index is 5.76. The topological polar surface area (TPSA) is 45.7 Å². The lowest BCUT2D eigenvalue weighted by atomic mass is 10.0. The molecule has 1 aliphatic heterocycles. The monoisotopic (exact) mass is 269 g/mol. The average molecular weight is 269 g/mol. The molecule has 0 saturated carbocycles. The van der Waals surface area contributed by atoms with Gasteiger partial charge in [-0.25, -0.2) is 0 Å². The first-order valence-corrected chi connectivity index (χ1v) is 7.72. The Balaban J connectivity index is 2.33. The zero-order valence-corrected chi connectivity index (χ0v) is 13.1. The third-order valence-electron chi connectivity index (χ3n) is 3.47. The minimum Gasteiger partial charge on any atom is -0.373 e. The van der Waals surface area contributed by atoms with Crippen molar-refractivity contribution in [2.24, 2.45) is 10.9 Å². The third kappa shape index (κ3) is 6.81. The normalized spacial score (nSPS) is 23.9. The van der Waals surface area contributed by atoms with Crippen LogP contribution in [0.3, 0.4) is 0 Å². The van der Waals surface area contributed by atoms with Crippen molar-refractivity contribution in [1.29, 1.82) is 0 Å². The van der Waals surface area contributed by atoms with Crippen LogP contribution in [0.5, 0.6) is 0 Å². The molecule has 0 aromatic heterocycles. The molecule has 19 heavy (non-hydrogen) atoms. The van der Waals surface area contributed by atoms with Gasteiger partial charge in [-0.05, 0) is 45.4 Å². The fourth-order valence-corrected chi connectivity index (χ4v) is 2.27. The summed E-state index contributed by atoms with van der Waals surface area (Å²) in [5.74, 6) is 1.69. The van der Waals surface area contributed by atoms with Crippen LogP contribution in [0.15, 0.2) is 4.99 Å². The Morgan fingerprint density at radius 2 is 2.16 bits per heavy atom. The SMILES string of the molecule is CCNC(=NCC1(C)CCCO1)NCCCC(C)C. The minimum absolute atomic E-state index is 0.0553. The molecule has 0 spiro atoms. The molecule has 1 atom stereocenters. The number of ether oxygens (including phenoxy) is 1. The first-order valence-electron chi connectivity index (χ1n) is 7.72. The molecule has 0 aliphatic carbocycles. The Labute approximate surface area is 118 Å². The van der Waals surface area contributed by atoms with Crippen molar-refractivity contribution in [2.75, 3.05) is 26.2 Å². The summed E-state index contributed by atoms with van der Waals surface area (Å²) in [6.07, 6.45) is 4.72. The van der Waals surface area contributed by atoms with E-state index in [-0.39, 0.29) is 5.60 Å². The number of guanidine groups is 1. The number of rotatable bonds is 7. The molecule has 0 aromatic carbocycles. The molecule has 4 heteroatoms. The van der Waals surface area contributed by atoms with Crippen molar-refractivity contribution in [3.63, 3.8) is 0 Å². The first-order chi connectivity index (χ1) is 9.06. The highest BCUT2D eigenvalue weighted by molar-refractivity contribution is 5.79. The van der Waals surface area contributed by atoms with Gasteiger partial charge in [0.1, 0.15) is 0 Å². The molecule has 1 saturated heterocycles. The summed E-state index contributed by atoms with van der Waals surface area (Å²) in [6, 6.07) is 0. The average Bonchev–Trinajstić information content (AvgIpc) is 2.78. The van der Waals surface area contributed by atoms with Crippen LogP contribution >= 0.6 is 0 Å². The van der Waals surface area contributed by atoms with Gasteiger partial charge in [-0.3, -0.25) is 4.99 Å². The highest BCUT2D eigenvalue weighted by Gasteiger charge is 2.29. The largest absolute Gasteiger partial charge is 0.373 e. The number of nitrogens with zero attached hydrogens (tertiary/aromatic N) is 1. The Bertz CT molecular complexity index is 271. The van der Waals surface area contributed by atoms with Crippen molar-refractivity contribution in [3.8, 4) is 0 Å². The minimum atomic E-state index is -0.0553. The van der Waals surface area contributed by atoms with Crippen LogP contribution in [0.25, 0.3) is 0 Å². The number of hydrogen-bond acceptors (Lipinski definition) is 2. The molecule has 1 unspecified atom stereocenters. The Morgan fingerprint density at radius 1 is 1.37 bits per heavy atom.